The average molecular weight is 427 g/mol. The molecule has 31 heavy (non-hydrogen) atoms. The lowest BCUT2D eigenvalue weighted by molar-refractivity contribution is -0.133. The van der Waals surface area contributed by atoms with Crippen LogP contribution in [0.4, 0.5) is 0 Å². The Labute approximate surface area is 188 Å². The number of fused-ring (bicyclic) bond motifs is 5. The van der Waals surface area contributed by atoms with Gasteiger partial charge in [-0.25, -0.2) is 0 Å². The minimum absolute atomic E-state index is 0.00688. The Hall–Kier alpha value is -1.13. The highest BCUT2D eigenvalue weighted by Crippen LogP contribution is 2.67. The normalized spacial score (nSPS) is 46.0. The van der Waals surface area contributed by atoms with Crippen LogP contribution in [0.25, 0.3) is 6.08 Å². The molecule has 0 unspecified atom stereocenters. The predicted molar refractivity (Wildman–Crippen MR) is 124 cm³/mol. The first-order valence-corrected chi connectivity index (χ1v) is 12.8. The molecular formula is C27H42N2O2. The van der Waals surface area contributed by atoms with Gasteiger partial charge in [-0.05, 0) is 113 Å². The second-order valence-electron chi connectivity index (χ2n) is 11.9. The molecule has 0 aromatic carbocycles. The maximum atomic E-state index is 11.5. The number of aryl methyl sites for hydroxylation is 2. The highest BCUT2D eigenvalue weighted by atomic mass is 16.3. The first-order chi connectivity index (χ1) is 14.7. The van der Waals surface area contributed by atoms with Crippen molar-refractivity contribution in [1.82, 2.24) is 9.78 Å². The fourth-order valence-electron chi connectivity index (χ4n) is 8.65. The SMILES string of the molecule is CCn1nc(C)c(/C=C2/C[C@@H]3[C@H]4CC[C@H]5C[C@@H](O)CC[C@]5(C)[C@@H]4CC[C@@]3(C)[C@H]2O)c1C. The lowest BCUT2D eigenvalue weighted by Gasteiger charge is -2.60. The zero-order valence-corrected chi connectivity index (χ0v) is 20.2. The number of aliphatic hydroxyl groups is 2. The van der Waals surface area contributed by atoms with Crippen molar-refractivity contribution in [2.24, 2.45) is 34.5 Å². The fraction of sp³-hybridized carbons (Fsp3) is 0.815. The second kappa shape index (κ2) is 7.45. The largest absolute Gasteiger partial charge is 0.393 e. The van der Waals surface area contributed by atoms with Crippen molar-refractivity contribution < 1.29 is 10.2 Å². The monoisotopic (exact) mass is 426 g/mol. The van der Waals surface area contributed by atoms with Gasteiger partial charge >= 0.3 is 0 Å². The van der Waals surface area contributed by atoms with Crippen LogP contribution in [0.1, 0.15) is 89.1 Å². The number of aromatic nitrogens is 2. The van der Waals surface area contributed by atoms with E-state index in [1.165, 1.54) is 42.5 Å². The summed E-state index contributed by atoms with van der Waals surface area (Å²) < 4.78 is 2.08. The summed E-state index contributed by atoms with van der Waals surface area (Å²) in [7, 11) is 0. The van der Waals surface area contributed by atoms with Crippen molar-refractivity contribution >= 4 is 6.08 Å². The third-order valence-electron chi connectivity index (χ3n) is 10.6. The molecule has 0 radical (unpaired) electrons. The molecule has 4 fully saturated rings. The van der Waals surface area contributed by atoms with E-state index in [-0.39, 0.29) is 17.6 Å². The van der Waals surface area contributed by atoms with E-state index in [1.807, 2.05) is 0 Å². The number of hydrogen-bond donors (Lipinski definition) is 2. The van der Waals surface area contributed by atoms with E-state index in [2.05, 4.69) is 45.4 Å². The molecular weight excluding hydrogens is 384 g/mol. The molecule has 1 aromatic heterocycles. The van der Waals surface area contributed by atoms with Crippen molar-refractivity contribution in [2.45, 2.75) is 105 Å². The van der Waals surface area contributed by atoms with Crippen molar-refractivity contribution in [3.8, 4) is 0 Å². The van der Waals surface area contributed by atoms with Crippen LogP contribution in [0.3, 0.4) is 0 Å². The van der Waals surface area contributed by atoms with Crippen LogP contribution in [0.5, 0.6) is 0 Å². The predicted octanol–water partition coefficient (Wildman–Crippen LogP) is 5.28. The quantitative estimate of drug-likeness (QED) is 0.677. The summed E-state index contributed by atoms with van der Waals surface area (Å²) in [6.45, 7) is 12.2. The molecule has 0 spiro atoms. The molecule has 4 nitrogen and oxygen atoms in total. The number of hydrogen-bond acceptors (Lipinski definition) is 3. The smallest absolute Gasteiger partial charge is 0.0809 e. The molecule has 0 aliphatic heterocycles. The molecule has 4 aliphatic rings. The van der Waals surface area contributed by atoms with Gasteiger partial charge in [-0.15, -0.1) is 0 Å². The van der Waals surface area contributed by atoms with Gasteiger partial charge in [0.25, 0.3) is 0 Å². The van der Waals surface area contributed by atoms with E-state index in [0.29, 0.717) is 17.3 Å². The average Bonchev–Trinajstić information content (AvgIpc) is 3.16. The maximum absolute atomic E-state index is 11.5. The lowest BCUT2D eigenvalue weighted by Crippen LogP contribution is -2.54. The first kappa shape index (κ1) is 21.7. The summed E-state index contributed by atoms with van der Waals surface area (Å²) in [5.41, 5.74) is 5.13. The summed E-state index contributed by atoms with van der Waals surface area (Å²) in [5.74, 6) is 2.75. The Morgan fingerprint density at radius 1 is 1.03 bits per heavy atom. The van der Waals surface area contributed by atoms with Gasteiger partial charge in [-0.3, -0.25) is 4.68 Å². The van der Waals surface area contributed by atoms with Crippen molar-refractivity contribution in [2.75, 3.05) is 0 Å². The standard InChI is InChI=1S/C27H42N2O2/c1-6-29-17(3)22(16(2)28-29)13-18-14-24-21-8-7-19-15-20(30)9-11-26(19,4)23(21)10-12-27(24,5)25(18)31/h13,19-21,23-25,30-31H,6-12,14-15H2,1-5H3/b18-13-/t19-,20-,21-,23+,24+,25-,26-,27+/m0/s1. The molecule has 1 aromatic rings. The highest BCUT2D eigenvalue weighted by molar-refractivity contribution is 5.59. The molecule has 4 saturated carbocycles. The van der Waals surface area contributed by atoms with E-state index < -0.39 is 0 Å². The van der Waals surface area contributed by atoms with Gasteiger partial charge in [0.1, 0.15) is 0 Å². The summed E-state index contributed by atoms with van der Waals surface area (Å²) >= 11 is 0. The molecule has 0 saturated heterocycles. The third kappa shape index (κ3) is 3.11. The van der Waals surface area contributed by atoms with E-state index in [0.717, 1.165) is 49.8 Å². The molecule has 0 bridgehead atoms. The van der Waals surface area contributed by atoms with Crippen LogP contribution in [0, 0.1) is 48.3 Å². The Morgan fingerprint density at radius 2 is 1.77 bits per heavy atom. The van der Waals surface area contributed by atoms with Gasteiger partial charge in [0.05, 0.1) is 17.9 Å². The van der Waals surface area contributed by atoms with Gasteiger partial charge in [-0.2, -0.15) is 5.10 Å². The van der Waals surface area contributed by atoms with E-state index in [9.17, 15) is 10.2 Å². The number of aliphatic hydroxyl groups excluding tert-OH is 2. The van der Waals surface area contributed by atoms with Crippen LogP contribution in [-0.2, 0) is 6.54 Å². The van der Waals surface area contributed by atoms with Gasteiger partial charge in [-0.1, -0.05) is 13.8 Å². The number of rotatable bonds is 2. The third-order valence-corrected chi connectivity index (χ3v) is 10.6. The molecule has 1 heterocycles. The topological polar surface area (TPSA) is 58.3 Å². The van der Waals surface area contributed by atoms with E-state index >= 15 is 0 Å². The van der Waals surface area contributed by atoms with Crippen LogP contribution < -0.4 is 0 Å². The lowest BCUT2D eigenvalue weighted by atomic mass is 9.45. The van der Waals surface area contributed by atoms with Crippen LogP contribution in [0.2, 0.25) is 0 Å². The van der Waals surface area contributed by atoms with Gasteiger partial charge < -0.3 is 10.2 Å². The zero-order valence-electron chi connectivity index (χ0n) is 20.2. The van der Waals surface area contributed by atoms with E-state index in [1.54, 1.807) is 0 Å². The molecule has 2 N–H and O–H groups in total. The van der Waals surface area contributed by atoms with Crippen molar-refractivity contribution in [3.63, 3.8) is 0 Å². The Morgan fingerprint density at radius 3 is 2.48 bits per heavy atom. The van der Waals surface area contributed by atoms with Crippen LogP contribution >= 0.6 is 0 Å². The van der Waals surface area contributed by atoms with E-state index in [4.69, 9.17) is 5.10 Å². The first-order valence-electron chi connectivity index (χ1n) is 12.8. The molecule has 4 aliphatic carbocycles. The summed E-state index contributed by atoms with van der Waals surface area (Å²) in [6.07, 6.45) is 11.0. The Kier molecular flexibility index (Phi) is 5.21. The van der Waals surface area contributed by atoms with Crippen LogP contribution in [0.15, 0.2) is 5.57 Å². The zero-order chi connectivity index (χ0) is 22.1. The number of nitrogens with zero attached hydrogens (tertiary/aromatic N) is 2. The summed E-state index contributed by atoms with van der Waals surface area (Å²) in [5, 5.41) is 26.5. The Balaban J connectivity index is 1.46. The van der Waals surface area contributed by atoms with Gasteiger partial charge in [0, 0.05) is 23.2 Å². The molecule has 8 atom stereocenters. The summed E-state index contributed by atoms with van der Waals surface area (Å²) in [6, 6.07) is 0. The fourth-order valence-corrected chi connectivity index (χ4v) is 8.65. The maximum Gasteiger partial charge on any atom is 0.0809 e. The molecule has 0 amide bonds. The summed E-state index contributed by atoms with van der Waals surface area (Å²) in [4.78, 5) is 0. The van der Waals surface area contributed by atoms with Crippen LogP contribution in [-0.4, -0.2) is 32.2 Å². The highest BCUT2D eigenvalue weighted by Gasteiger charge is 2.61. The van der Waals surface area contributed by atoms with Gasteiger partial charge in [0.15, 0.2) is 0 Å². The Bertz CT molecular complexity index is 888. The van der Waals surface area contributed by atoms with Gasteiger partial charge in [0.2, 0.25) is 0 Å². The van der Waals surface area contributed by atoms with Crippen molar-refractivity contribution in [1.29, 1.82) is 0 Å². The molecule has 5 rings (SSSR count). The van der Waals surface area contributed by atoms with Crippen molar-refractivity contribution in [3.05, 3.63) is 22.5 Å². The second-order valence-corrected chi connectivity index (χ2v) is 11.9. The minimum atomic E-state index is -0.332. The minimum Gasteiger partial charge on any atom is -0.393 e. The molecule has 4 heteroatoms. The molecule has 172 valence electrons.